The molecule has 0 aliphatic heterocycles. The number of nitrogens with zero attached hydrogens (tertiary/aromatic N) is 1. The van der Waals surface area contributed by atoms with Gasteiger partial charge < -0.3 is 10.1 Å². The van der Waals surface area contributed by atoms with Gasteiger partial charge in [0, 0.05) is 38.0 Å². The van der Waals surface area contributed by atoms with Crippen LogP contribution >= 0.6 is 0 Å². The minimum absolute atomic E-state index is 0.729. The summed E-state index contributed by atoms with van der Waals surface area (Å²) in [6, 6.07) is 6.03. The normalized spacial score (nSPS) is 11.0. The Hall–Kier alpha value is -0.930. The Balaban J connectivity index is 1.88. The molecule has 0 radical (unpaired) electrons. The first kappa shape index (κ1) is 14.1. The lowest BCUT2D eigenvalue weighted by Gasteiger charge is -2.07. The van der Waals surface area contributed by atoms with E-state index in [2.05, 4.69) is 30.2 Å². The quantitative estimate of drug-likeness (QED) is 0.668. The minimum Gasteiger partial charge on any atom is -0.380 e. The molecule has 1 rings (SSSR count). The number of pyridine rings is 1. The van der Waals surface area contributed by atoms with Crippen molar-refractivity contribution >= 4 is 0 Å². The van der Waals surface area contributed by atoms with E-state index < -0.39 is 0 Å². The summed E-state index contributed by atoms with van der Waals surface area (Å²) < 4.78 is 5.52. The van der Waals surface area contributed by atoms with E-state index in [1.54, 1.807) is 0 Å². The Kier molecular flexibility index (Phi) is 7.60. The molecule has 0 aromatic carbocycles. The van der Waals surface area contributed by atoms with Gasteiger partial charge in [-0.2, -0.15) is 0 Å². The topological polar surface area (TPSA) is 34.1 Å². The van der Waals surface area contributed by atoms with Gasteiger partial charge in [-0.1, -0.05) is 19.9 Å². The number of aromatic nitrogens is 1. The molecule has 0 amide bonds. The Bertz CT molecular complexity index is 275. The van der Waals surface area contributed by atoms with E-state index in [9.17, 15) is 0 Å². The van der Waals surface area contributed by atoms with Crippen LogP contribution in [0.15, 0.2) is 24.4 Å². The molecule has 1 aromatic heterocycles. The fourth-order valence-electron chi connectivity index (χ4n) is 1.45. The molecule has 1 N–H and O–H groups in total. The molecule has 96 valence electrons. The first-order valence-electron chi connectivity index (χ1n) is 6.47. The Labute approximate surface area is 105 Å². The largest absolute Gasteiger partial charge is 0.380 e. The van der Waals surface area contributed by atoms with Crippen molar-refractivity contribution in [2.75, 3.05) is 26.3 Å². The predicted octanol–water partition coefficient (Wildman–Crippen LogP) is 2.28. The molecule has 0 bridgehead atoms. The van der Waals surface area contributed by atoms with E-state index in [1.165, 1.54) is 0 Å². The summed E-state index contributed by atoms with van der Waals surface area (Å²) in [7, 11) is 0. The molecule has 0 aliphatic carbocycles. The predicted molar refractivity (Wildman–Crippen MR) is 71.1 cm³/mol. The Morgan fingerprint density at radius 2 is 2.12 bits per heavy atom. The second-order valence-corrected chi connectivity index (χ2v) is 4.62. The first-order valence-corrected chi connectivity index (χ1v) is 6.47. The lowest BCUT2D eigenvalue weighted by atomic mass is 10.1. The maximum absolute atomic E-state index is 5.52. The second-order valence-electron chi connectivity index (χ2n) is 4.62. The van der Waals surface area contributed by atoms with Crippen molar-refractivity contribution in [1.82, 2.24) is 10.3 Å². The van der Waals surface area contributed by atoms with Crippen LogP contribution in [0.2, 0.25) is 0 Å². The van der Waals surface area contributed by atoms with E-state index >= 15 is 0 Å². The third-order valence-electron chi connectivity index (χ3n) is 2.55. The van der Waals surface area contributed by atoms with Crippen molar-refractivity contribution in [3.8, 4) is 0 Å². The van der Waals surface area contributed by atoms with Gasteiger partial charge in [-0.15, -0.1) is 0 Å². The fraction of sp³-hybridized carbons (Fsp3) is 0.643. The number of ether oxygens (including phenoxy) is 1. The zero-order valence-corrected chi connectivity index (χ0v) is 11.0. The number of nitrogens with one attached hydrogen (secondary N) is 1. The van der Waals surface area contributed by atoms with Crippen LogP contribution in [0.3, 0.4) is 0 Å². The maximum atomic E-state index is 5.52. The highest BCUT2D eigenvalue weighted by atomic mass is 16.5. The molecule has 0 saturated heterocycles. The van der Waals surface area contributed by atoms with E-state index in [1.807, 2.05) is 18.3 Å². The first-order chi connectivity index (χ1) is 8.29. The monoisotopic (exact) mass is 236 g/mol. The molecule has 0 saturated carbocycles. The van der Waals surface area contributed by atoms with E-state index in [0.29, 0.717) is 0 Å². The van der Waals surface area contributed by atoms with Crippen LogP contribution in [0.4, 0.5) is 0 Å². The van der Waals surface area contributed by atoms with Crippen molar-refractivity contribution in [3.05, 3.63) is 30.1 Å². The van der Waals surface area contributed by atoms with Crippen LogP contribution in [0, 0.1) is 5.92 Å². The van der Waals surface area contributed by atoms with Crippen LogP contribution in [0.25, 0.3) is 0 Å². The van der Waals surface area contributed by atoms with Gasteiger partial charge in [0.05, 0.1) is 6.61 Å². The van der Waals surface area contributed by atoms with Gasteiger partial charge in [0.1, 0.15) is 0 Å². The summed E-state index contributed by atoms with van der Waals surface area (Å²) in [6.07, 6.45) is 3.96. The van der Waals surface area contributed by atoms with E-state index in [0.717, 1.165) is 50.8 Å². The highest BCUT2D eigenvalue weighted by Crippen LogP contribution is 1.98. The summed E-state index contributed by atoms with van der Waals surface area (Å²) in [5.74, 6) is 0.729. The molecule has 1 heterocycles. The van der Waals surface area contributed by atoms with Crippen LogP contribution in [0.5, 0.6) is 0 Å². The van der Waals surface area contributed by atoms with Crippen molar-refractivity contribution in [1.29, 1.82) is 0 Å². The molecule has 3 nitrogen and oxygen atoms in total. The summed E-state index contributed by atoms with van der Waals surface area (Å²) in [5.41, 5.74) is 1.14. The average Bonchev–Trinajstić information content (AvgIpc) is 2.33. The average molecular weight is 236 g/mol. The van der Waals surface area contributed by atoms with Crippen molar-refractivity contribution in [3.63, 3.8) is 0 Å². The van der Waals surface area contributed by atoms with Gasteiger partial charge in [-0.3, -0.25) is 4.98 Å². The highest BCUT2D eigenvalue weighted by molar-refractivity contribution is 5.03. The number of hydrogen-bond donors (Lipinski definition) is 1. The minimum atomic E-state index is 0.729. The SMILES string of the molecule is CC(C)CCOCCNCCc1ccccn1. The zero-order chi connectivity index (χ0) is 12.3. The van der Waals surface area contributed by atoms with Crippen LogP contribution in [0.1, 0.15) is 26.0 Å². The number of hydrogen-bond acceptors (Lipinski definition) is 3. The number of rotatable bonds is 9. The van der Waals surface area contributed by atoms with Crippen molar-refractivity contribution in [2.45, 2.75) is 26.7 Å². The third kappa shape index (κ3) is 7.88. The molecule has 0 aliphatic rings. The van der Waals surface area contributed by atoms with Crippen LogP contribution in [-0.2, 0) is 11.2 Å². The van der Waals surface area contributed by atoms with Gasteiger partial charge >= 0.3 is 0 Å². The van der Waals surface area contributed by atoms with Crippen LogP contribution in [-0.4, -0.2) is 31.3 Å². The van der Waals surface area contributed by atoms with Gasteiger partial charge in [-0.05, 0) is 24.5 Å². The zero-order valence-electron chi connectivity index (χ0n) is 11.0. The Morgan fingerprint density at radius 1 is 1.24 bits per heavy atom. The summed E-state index contributed by atoms with van der Waals surface area (Å²) >= 11 is 0. The van der Waals surface area contributed by atoms with Gasteiger partial charge in [-0.25, -0.2) is 0 Å². The lowest BCUT2D eigenvalue weighted by molar-refractivity contribution is 0.125. The summed E-state index contributed by atoms with van der Waals surface area (Å²) in [4.78, 5) is 4.27. The second kappa shape index (κ2) is 9.14. The van der Waals surface area contributed by atoms with Crippen molar-refractivity contribution in [2.24, 2.45) is 5.92 Å². The molecule has 0 atom stereocenters. The smallest absolute Gasteiger partial charge is 0.0590 e. The lowest BCUT2D eigenvalue weighted by Crippen LogP contribution is -2.22. The van der Waals surface area contributed by atoms with Gasteiger partial charge in [0.2, 0.25) is 0 Å². The molecule has 17 heavy (non-hydrogen) atoms. The van der Waals surface area contributed by atoms with Crippen molar-refractivity contribution < 1.29 is 4.74 Å². The third-order valence-corrected chi connectivity index (χ3v) is 2.55. The summed E-state index contributed by atoms with van der Waals surface area (Å²) in [5, 5.41) is 3.36. The van der Waals surface area contributed by atoms with Gasteiger partial charge in [0.15, 0.2) is 0 Å². The standard InChI is InChI=1S/C14H24N2O/c1-13(2)7-11-17-12-10-15-9-6-14-5-3-4-8-16-14/h3-5,8,13,15H,6-7,9-12H2,1-2H3. The molecule has 1 aromatic rings. The van der Waals surface area contributed by atoms with Gasteiger partial charge in [0.25, 0.3) is 0 Å². The molecular weight excluding hydrogens is 212 g/mol. The van der Waals surface area contributed by atoms with E-state index in [4.69, 9.17) is 4.74 Å². The van der Waals surface area contributed by atoms with Crippen LogP contribution < -0.4 is 5.32 Å². The highest BCUT2D eigenvalue weighted by Gasteiger charge is 1.95. The Morgan fingerprint density at radius 3 is 2.82 bits per heavy atom. The molecule has 0 spiro atoms. The molecular formula is C14H24N2O. The molecule has 3 heteroatoms. The fourth-order valence-corrected chi connectivity index (χ4v) is 1.45. The van der Waals surface area contributed by atoms with E-state index in [-0.39, 0.29) is 0 Å². The maximum Gasteiger partial charge on any atom is 0.0590 e. The molecule has 0 fully saturated rings. The summed E-state index contributed by atoms with van der Waals surface area (Å²) in [6.45, 7) is 7.99. The molecule has 0 unspecified atom stereocenters.